The number of hydrogen-bond acceptors (Lipinski definition) is 5. The topological polar surface area (TPSA) is 82.2 Å². The summed E-state index contributed by atoms with van der Waals surface area (Å²) in [5, 5.41) is 15.4. The van der Waals surface area contributed by atoms with E-state index < -0.39 is 4.92 Å². The standard InChI is InChI=1S/C17H18N4O3/c1-20-11-12(13-5-3-4-6-14(13)20)9-10-18-17-15(21(22)23)7-8-16(19-17)24-2/h3-8,11H,9-10H2,1-2H3,(H,18,19). The normalized spacial score (nSPS) is 10.8. The molecular formula is C17H18N4O3. The number of rotatable bonds is 6. The van der Waals surface area contributed by atoms with Gasteiger partial charge in [-0.25, -0.2) is 0 Å². The summed E-state index contributed by atoms with van der Waals surface area (Å²) in [5.41, 5.74) is 2.29. The van der Waals surface area contributed by atoms with E-state index in [0.29, 0.717) is 12.4 Å². The average Bonchev–Trinajstić information content (AvgIpc) is 2.91. The predicted octanol–water partition coefficient (Wildman–Crippen LogP) is 3.14. The van der Waals surface area contributed by atoms with Crippen molar-refractivity contribution in [3.05, 3.63) is 58.3 Å². The van der Waals surface area contributed by atoms with Crippen LogP contribution in [0.4, 0.5) is 11.5 Å². The van der Waals surface area contributed by atoms with Gasteiger partial charge in [0.1, 0.15) is 0 Å². The number of ether oxygens (including phenoxy) is 1. The number of pyridine rings is 1. The Labute approximate surface area is 139 Å². The second-order valence-corrected chi connectivity index (χ2v) is 5.44. The quantitative estimate of drug-likeness (QED) is 0.556. The first-order valence-electron chi connectivity index (χ1n) is 7.56. The summed E-state index contributed by atoms with van der Waals surface area (Å²) >= 11 is 0. The van der Waals surface area contributed by atoms with E-state index in [1.54, 1.807) is 0 Å². The van der Waals surface area contributed by atoms with E-state index >= 15 is 0 Å². The summed E-state index contributed by atoms with van der Waals surface area (Å²) < 4.78 is 7.12. The van der Waals surface area contributed by atoms with Crippen LogP contribution in [-0.2, 0) is 13.5 Å². The fourth-order valence-electron chi connectivity index (χ4n) is 2.77. The highest BCUT2D eigenvalue weighted by Crippen LogP contribution is 2.25. The van der Waals surface area contributed by atoms with Gasteiger partial charge in [0, 0.05) is 42.8 Å². The fourth-order valence-corrected chi connectivity index (χ4v) is 2.77. The largest absolute Gasteiger partial charge is 0.481 e. The Bertz CT molecular complexity index is 889. The van der Waals surface area contributed by atoms with Gasteiger partial charge in [-0.1, -0.05) is 18.2 Å². The molecule has 0 spiro atoms. The van der Waals surface area contributed by atoms with Gasteiger partial charge in [0.05, 0.1) is 12.0 Å². The minimum absolute atomic E-state index is 0.0614. The van der Waals surface area contributed by atoms with E-state index in [2.05, 4.69) is 33.2 Å². The van der Waals surface area contributed by atoms with E-state index in [1.165, 1.54) is 30.2 Å². The van der Waals surface area contributed by atoms with Gasteiger partial charge in [0.15, 0.2) is 0 Å². The number of aromatic nitrogens is 2. The summed E-state index contributed by atoms with van der Waals surface area (Å²) in [6.07, 6.45) is 2.82. The second kappa shape index (κ2) is 6.57. The molecule has 3 rings (SSSR count). The van der Waals surface area contributed by atoms with Gasteiger partial charge in [0.25, 0.3) is 0 Å². The summed E-state index contributed by atoms with van der Waals surface area (Å²) in [7, 11) is 3.49. The molecule has 0 fully saturated rings. The highest BCUT2D eigenvalue weighted by molar-refractivity contribution is 5.83. The van der Waals surface area contributed by atoms with Crippen molar-refractivity contribution in [2.75, 3.05) is 19.0 Å². The Morgan fingerprint density at radius 3 is 2.83 bits per heavy atom. The first-order chi connectivity index (χ1) is 11.6. The molecule has 124 valence electrons. The fraction of sp³-hybridized carbons (Fsp3) is 0.235. The number of nitrogens with one attached hydrogen (secondary N) is 1. The van der Waals surface area contributed by atoms with Crippen LogP contribution in [0.2, 0.25) is 0 Å². The summed E-state index contributed by atoms with van der Waals surface area (Å²) in [6.45, 7) is 0.537. The monoisotopic (exact) mass is 326 g/mol. The van der Waals surface area contributed by atoms with Gasteiger partial charge in [-0.3, -0.25) is 10.1 Å². The molecule has 2 aromatic heterocycles. The minimum atomic E-state index is -0.452. The number of nitrogens with zero attached hydrogens (tertiary/aromatic N) is 3. The van der Waals surface area contributed by atoms with Gasteiger partial charge in [-0.15, -0.1) is 0 Å². The van der Waals surface area contributed by atoms with Gasteiger partial charge in [0.2, 0.25) is 11.7 Å². The molecule has 24 heavy (non-hydrogen) atoms. The number of fused-ring (bicyclic) bond motifs is 1. The van der Waals surface area contributed by atoms with Crippen molar-refractivity contribution >= 4 is 22.4 Å². The number of methoxy groups -OCH3 is 1. The highest BCUT2D eigenvalue weighted by Gasteiger charge is 2.16. The number of para-hydroxylation sites is 1. The molecule has 0 saturated carbocycles. The van der Waals surface area contributed by atoms with Gasteiger partial charge >= 0.3 is 5.69 Å². The molecular weight excluding hydrogens is 308 g/mol. The molecule has 2 heterocycles. The third-order valence-electron chi connectivity index (χ3n) is 3.92. The maximum absolute atomic E-state index is 11.1. The van der Waals surface area contributed by atoms with Crippen LogP contribution in [0.15, 0.2) is 42.6 Å². The van der Waals surface area contributed by atoms with Gasteiger partial charge in [-0.2, -0.15) is 4.98 Å². The van der Waals surface area contributed by atoms with E-state index in [0.717, 1.165) is 11.9 Å². The number of anilines is 1. The molecule has 0 unspecified atom stereocenters. The lowest BCUT2D eigenvalue weighted by Gasteiger charge is -2.07. The SMILES string of the molecule is COc1ccc([N+](=O)[O-])c(NCCc2cn(C)c3ccccc23)n1. The second-order valence-electron chi connectivity index (χ2n) is 5.44. The number of hydrogen-bond donors (Lipinski definition) is 1. The number of nitro groups is 1. The molecule has 0 saturated heterocycles. The van der Waals surface area contributed by atoms with E-state index in [1.807, 2.05) is 19.2 Å². The first-order valence-corrected chi connectivity index (χ1v) is 7.56. The molecule has 0 atom stereocenters. The van der Waals surface area contributed by atoms with Crippen molar-refractivity contribution < 1.29 is 9.66 Å². The zero-order valence-electron chi connectivity index (χ0n) is 13.5. The Hall–Kier alpha value is -3.09. The van der Waals surface area contributed by atoms with Crippen LogP contribution >= 0.6 is 0 Å². The molecule has 7 heteroatoms. The van der Waals surface area contributed by atoms with E-state index in [-0.39, 0.29) is 11.5 Å². The van der Waals surface area contributed by atoms with Crippen LogP contribution in [0.1, 0.15) is 5.56 Å². The van der Waals surface area contributed by atoms with Gasteiger partial charge < -0.3 is 14.6 Å². The van der Waals surface area contributed by atoms with Crippen molar-refractivity contribution in [1.82, 2.24) is 9.55 Å². The smallest absolute Gasteiger partial charge is 0.311 e. The van der Waals surface area contributed by atoms with Crippen LogP contribution in [0.5, 0.6) is 5.88 Å². The third-order valence-corrected chi connectivity index (χ3v) is 3.92. The molecule has 1 N–H and O–H groups in total. The molecule has 0 amide bonds. The zero-order chi connectivity index (χ0) is 17.1. The Morgan fingerprint density at radius 2 is 2.08 bits per heavy atom. The summed E-state index contributed by atoms with van der Waals surface area (Å²) in [4.78, 5) is 14.8. The summed E-state index contributed by atoms with van der Waals surface area (Å²) in [6, 6.07) is 11.0. The molecule has 0 aliphatic heterocycles. The Kier molecular flexibility index (Phi) is 4.33. The highest BCUT2D eigenvalue weighted by atomic mass is 16.6. The summed E-state index contributed by atoms with van der Waals surface area (Å²) in [5.74, 6) is 0.563. The first kappa shape index (κ1) is 15.8. The van der Waals surface area contributed by atoms with E-state index in [9.17, 15) is 10.1 Å². The molecule has 0 radical (unpaired) electrons. The molecule has 0 aliphatic carbocycles. The van der Waals surface area contributed by atoms with Crippen molar-refractivity contribution in [2.45, 2.75) is 6.42 Å². The Balaban J connectivity index is 1.77. The van der Waals surface area contributed by atoms with Crippen molar-refractivity contribution in [3.63, 3.8) is 0 Å². The molecule has 1 aromatic carbocycles. The molecule has 3 aromatic rings. The molecule has 0 aliphatic rings. The maximum atomic E-state index is 11.1. The third kappa shape index (κ3) is 3.01. The zero-order valence-corrected chi connectivity index (χ0v) is 13.5. The lowest BCUT2D eigenvalue weighted by molar-refractivity contribution is -0.384. The minimum Gasteiger partial charge on any atom is -0.481 e. The number of benzene rings is 1. The van der Waals surface area contributed by atoms with Crippen molar-refractivity contribution in [1.29, 1.82) is 0 Å². The lowest BCUT2D eigenvalue weighted by Crippen LogP contribution is -2.09. The molecule has 7 nitrogen and oxygen atoms in total. The van der Waals surface area contributed by atoms with Crippen molar-refractivity contribution in [2.24, 2.45) is 7.05 Å². The number of aryl methyl sites for hydroxylation is 1. The van der Waals surface area contributed by atoms with Crippen LogP contribution in [0.3, 0.4) is 0 Å². The average molecular weight is 326 g/mol. The van der Waals surface area contributed by atoms with Crippen molar-refractivity contribution in [3.8, 4) is 5.88 Å². The van der Waals surface area contributed by atoms with Crippen LogP contribution in [0.25, 0.3) is 10.9 Å². The van der Waals surface area contributed by atoms with Crippen LogP contribution in [-0.4, -0.2) is 28.1 Å². The maximum Gasteiger partial charge on any atom is 0.311 e. The van der Waals surface area contributed by atoms with Gasteiger partial charge in [-0.05, 0) is 18.1 Å². The Morgan fingerprint density at radius 1 is 1.29 bits per heavy atom. The predicted molar refractivity (Wildman–Crippen MR) is 92.6 cm³/mol. The van der Waals surface area contributed by atoms with Crippen LogP contribution in [0, 0.1) is 10.1 Å². The lowest BCUT2D eigenvalue weighted by atomic mass is 10.1. The van der Waals surface area contributed by atoms with E-state index in [4.69, 9.17) is 4.74 Å². The molecule has 0 bridgehead atoms. The van der Waals surface area contributed by atoms with Crippen LogP contribution < -0.4 is 10.1 Å².